The van der Waals surface area contributed by atoms with Crippen molar-refractivity contribution in [3.8, 4) is 0 Å². The van der Waals surface area contributed by atoms with Crippen LogP contribution in [0.1, 0.15) is 5.56 Å². The number of amides is 1. The molecule has 0 spiro atoms. The van der Waals surface area contributed by atoms with Gasteiger partial charge in [0.05, 0.1) is 10.8 Å². The van der Waals surface area contributed by atoms with Crippen molar-refractivity contribution in [2.24, 2.45) is 0 Å². The maximum Gasteiger partial charge on any atom is 0.234 e. The number of nitrogens with one attached hydrogen (secondary N) is 1. The fourth-order valence-electron chi connectivity index (χ4n) is 1.66. The standard InChI is InChI=1S/C15H14ClFN2OS/c1-9-6-11(3-5-14(9)18)21-8-15(20)19-10-2-4-13(17)12(16)7-10/h2-7H,8,18H2,1H3,(H,19,20). The fourth-order valence-corrected chi connectivity index (χ4v) is 2.63. The number of benzene rings is 2. The summed E-state index contributed by atoms with van der Waals surface area (Å²) in [5.74, 6) is -0.447. The highest BCUT2D eigenvalue weighted by Gasteiger charge is 2.06. The molecule has 2 aromatic rings. The van der Waals surface area contributed by atoms with E-state index in [9.17, 15) is 9.18 Å². The van der Waals surface area contributed by atoms with Crippen molar-refractivity contribution in [1.82, 2.24) is 0 Å². The molecule has 6 heteroatoms. The molecule has 0 saturated heterocycles. The molecule has 1 amide bonds. The normalized spacial score (nSPS) is 10.4. The number of thioether (sulfide) groups is 1. The molecule has 2 aromatic carbocycles. The van der Waals surface area contributed by atoms with Crippen LogP contribution in [0, 0.1) is 12.7 Å². The maximum atomic E-state index is 13.0. The summed E-state index contributed by atoms with van der Waals surface area (Å²) >= 11 is 7.06. The number of anilines is 2. The molecule has 3 N–H and O–H groups in total. The Morgan fingerprint density at radius 3 is 2.76 bits per heavy atom. The van der Waals surface area contributed by atoms with Crippen molar-refractivity contribution < 1.29 is 9.18 Å². The average Bonchev–Trinajstić information content (AvgIpc) is 2.44. The van der Waals surface area contributed by atoms with Crippen LogP contribution in [-0.4, -0.2) is 11.7 Å². The largest absolute Gasteiger partial charge is 0.399 e. The zero-order valence-corrected chi connectivity index (χ0v) is 12.9. The van der Waals surface area contributed by atoms with E-state index in [-0.39, 0.29) is 16.7 Å². The van der Waals surface area contributed by atoms with Crippen molar-refractivity contribution in [3.63, 3.8) is 0 Å². The second-order valence-electron chi connectivity index (χ2n) is 4.48. The zero-order valence-electron chi connectivity index (χ0n) is 11.3. The van der Waals surface area contributed by atoms with Gasteiger partial charge in [-0.1, -0.05) is 11.6 Å². The van der Waals surface area contributed by atoms with Gasteiger partial charge in [0.25, 0.3) is 0 Å². The summed E-state index contributed by atoms with van der Waals surface area (Å²) in [6.07, 6.45) is 0. The summed E-state index contributed by atoms with van der Waals surface area (Å²) in [7, 11) is 0. The number of rotatable bonds is 4. The molecule has 0 aliphatic rings. The van der Waals surface area contributed by atoms with Crippen LogP contribution in [0.4, 0.5) is 15.8 Å². The first kappa shape index (κ1) is 15.7. The number of nitrogen functional groups attached to an aromatic ring is 1. The molecule has 110 valence electrons. The van der Waals surface area contributed by atoms with Crippen molar-refractivity contribution >= 4 is 40.6 Å². The van der Waals surface area contributed by atoms with Crippen LogP contribution in [0.2, 0.25) is 5.02 Å². The van der Waals surface area contributed by atoms with Gasteiger partial charge in [0.1, 0.15) is 5.82 Å². The van der Waals surface area contributed by atoms with Gasteiger partial charge >= 0.3 is 0 Å². The SMILES string of the molecule is Cc1cc(SCC(=O)Nc2ccc(F)c(Cl)c2)ccc1N. The van der Waals surface area contributed by atoms with Crippen LogP contribution in [0.5, 0.6) is 0 Å². The Bertz CT molecular complexity index is 679. The third-order valence-electron chi connectivity index (χ3n) is 2.81. The minimum atomic E-state index is -0.513. The molecule has 0 aromatic heterocycles. The van der Waals surface area contributed by atoms with Gasteiger partial charge < -0.3 is 11.1 Å². The Morgan fingerprint density at radius 2 is 2.10 bits per heavy atom. The van der Waals surface area contributed by atoms with Gasteiger partial charge in [-0.25, -0.2) is 4.39 Å². The van der Waals surface area contributed by atoms with E-state index in [2.05, 4.69) is 5.32 Å². The highest BCUT2D eigenvalue weighted by atomic mass is 35.5. The van der Waals surface area contributed by atoms with Gasteiger partial charge in [0.2, 0.25) is 5.91 Å². The van der Waals surface area contributed by atoms with Crippen molar-refractivity contribution in [2.75, 3.05) is 16.8 Å². The van der Waals surface area contributed by atoms with Crippen LogP contribution in [0.25, 0.3) is 0 Å². The summed E-state index contributed by atoms with van der Waals surface area (Å²) in [4.78, 5) is 12.8. The molecule has 3 nitrogen and oxygen atoms in total. The summed E-state index contributed by atoms with van der Waals surface area (Å²) in [5, 5.41) is 2.65. The third kappa shape index (κ3) is 4.37. The van der Waals surface area contributed by atoms with Gasteiger partial charge in [-0.3, -0.25) is 4.79 Å². The lowest BCUT2D eigenvalue weighted by atomic mass is 10.2. The Hall–Kier alpha value is -1.72. The summed E-state index contributed by atoms with van der Waals surface area (Å²) < 4.78 is 13.0. The van der Waals surface area contributed by atoms with Crippen LogP contribution in [0.3, 0.4) is 0 Å². The number of halogens is 2. The minimum absolute atomic E-state index is 0.0189. The molecular weight excluding hydrogens is 311 g/mol. The predicted molar refractivity (Wildman–Crippen MR) is 86.4 cm³/mol. The lowest BCUT2D eigenvalue weighted by Crippen LogP contribution is -2.14. The summed E-state index contributed by atoms with van der Waals surface area (Å²) in [5.41, 5.74) is 7.92. The van der Waals surface area contributed by atoms with Gasteiger partial charge in [0, 0.05) is 16.3 Å². The van der Waals surface area contributed by atoms with Crippen molar-refractivity contribution in [2.45, 2.75) is 11.8 Å². The first-order chi connectivity index (χ1) is 9.95. The molecule has 0 fully saturated rings. The van der Waals surface area contributed by atoms with E-state index in [1.54, 1.807) is 0 Å². The Labute approximate surface area is 131 Å². The second kappa shape index (κ2) is 6.83. The second-order valence-corrected chi connectivity index (χ2v) is 5.94. The van der Waals surface area contributed by atoms with E-state index >= 15 is 0 Å². The monoisotopic (exact) mass is 324 g/mol. The van der Waals surface area contributed by atoms with Gasteiger partial charge in [-0.05, 0) is 48.9 Å². The Morgan fingerprint density at radius 1 is 1.33 bits per heavy atom. The molecule has 21 heavy (non-hydrogen) atoms. The molecule has 0 aliphatic carbocycles. The number of carbonyl (C=O) groups excluding carboxylic acids is 1. The van der Waals surface area contributed by atoms with E-state index in [1.807, 2.05) is 25.1 Å². The zero-order chi connectivity index (χ0) is 15.4. The molecule has 0 atom stereocenters. The van der Waals surface area contributed by atoms with E-state index < -0.39 is 5.82 Å². The molecular formula is C15H14ClFN2OS. The van der Waals surface area contributed by atoms with Crippen LogP contribution in [-0.2, 0) is 4.79 Å². The van der Waals surface area contributed by atoms with E-state index in [0.29, 0.717) is 5.69 Å². The lowest BCUT2D eigenvalue weighted by Gasteiger charge is -2.07. The molecule has 2 rings (SSSR count). The van der Waals surface area contributed by atoms with E-state index in [0.717, 1.165) is 16.1 Å². The molecule has 0 radical (unpaired) electrons. The van der Waals surface area contributed by atoms with E-state index in [4.69, 9.17) is 17.3 Å². The van der Waals surface area contributed by atoms with Crippen molar-refractivity contribution in [3.05, 3.63) is 52.8 Å². The first-order valence-corrected chi connectivity index (χ1v) is 7.56. The Kier molecular flexibility index (Phi) is 5.09. The van der Waals surface area contributed by atoms with Gasteiger partial charge in [0.15, 0.2) is 0 Å². The molecule has 0 unspecified atom stereocenters. The highest BCUT2D eigenvalue weighted by Crippen LogP contribution is 2.23. The summed E-state index contributed by atoms with van der Waals surface area (Å²) in [6, 6.07) is 9.69. The minimum Gasteiger partial charge on any atom is -0.399 e. The molecule has 0 bridgehead atoms. The Balaban J connectivity index is 1.92. The van der Waals surface area contributed by atoms with E-state index in [1.165, 1.54) is 30.0 Å². The maximum absolute atomic E-state index is 13.0. The number of hydrogen-bond acceptors (Lipinski definition) is 3. The lowest BCUT2D eigenvalue weighted by molar-refractivity contribution is -0.113. The van der Waals surface area contributed by atoms with Crippen LogP contribution >= 0.6 is 23.4 Å². The third-order valence-corrected chi connectivity index (χ3v) is 4.10. The quantitative estimate of drug-likeness (QED) is 0.657. The topological polar surface area (TPSA) is 55.1 Å². The van der Waals surface area contributed by atoms with Crippen LogP contribution in [0.15, 0.2) is 41.3 Å². The number of aryl methyl sites for hydroxylation is 1. The highest BCUT2D eigenvalue weighted by molar-refractivity contribution is 8.00. The number of carbonyl (C=O) groups is 1. The summed E-state index contributed by atoms with van der Waals surface area (Å²) in [6.45, 7) is 1.92. The molecule has 0 aliphatic heterocycles. The first-order valence-electron chi connectivity index (χ1n) is 6.19. The fraction of sp³-hybridized carbons (Fsp3) is 0.133. The number of hydrogen-bond donors (Lipinski definition) is 2. The smallest absolute Gasteiger partial charge is 0.234 e. The number of nitrogens with two attached hydrogens (primary N) is 1. The predicted octanol–water partition coefficient (Wildman–Crippen LogP) is 4.10. The van der Waals surface area contributed by atoms with Gasteiger partial charge in [-0.2, -0.15) is 0 Å². The van der Waals surface area contributed by atoms with Crippen LogP contribution < -0.4 is 11.1 Å². The molecule has 0 heterocycles. The average molecular weight is 325 g/mol. The van der Waals surface area contributed by atoms with Crippen molar-refractivity contribution in [1.29, 1.82) is 0 Å². The molecule has 0 saturated carbocycles. The van der Waals surface area contributed by atoms with Gasteiger partial charge in [-0.15, -0.1) is 11.8 Å².